The molecule has 1 aromatic carbocycles. The number of rotatable bonds is 4. The largest absolute Gasteiger partial charge is 0.454 e. The molecule has 0 aromatic heterocycles. The van der Waals surface area contributed by atoms with E-state index < -0.39 is 0 Å². The van der Waals surface area contributed by atoms with Crippen molar-refractivity contribution in [3.63, 3.8) is 0 Å². The SMILES string of the molecule is C[C@@H](CN1CCCC1=O)NC(=O)c1ccc2c(c1)OCO2. The maximum absolute atomic E-state index is 12.2. The van der Waals surface area contributed by atoms with E-state index in [1.165, 1.54) is 0 Å². The lowest BCUT2D eigenvalue weighted by Crippen LogP contribution is -2.42. The zero-order valence-corrected chi connectivity index (χ0v) is 11.9. The second kappa shape index (κ2) is 5.63. The highest BCUT2D eigenvalue weighted by Gasteiger charge is 2.23. The first-order valence-electron chi connectivity index (χ1n) is 7.12. The van der Waals surface area contributed by atoms with Gasteiger partial charge >= 0.3 is 0 Å². The number of hydrogen-bond acceptors (Lipinski definition) is 4. The van der Waals surface area contributed by atoms with Gasteiger partial charge in [0.2, 0.25) is 12.7 Å². The van der Waals surface area contributed by atoms with Gasteiger partial charge in [0.15, 0.2) is 11.5 Å². The Labute approximate surface area is 123 Å². The van der Waals surface area contributed by atoms with Crippen LogP contribution in [0.3, 0.4) is 0 Å². The third-order valence-corrected chi connectivity index (χ3v) is 3.68. The number of carbonyl (C=O) groups excluding carboxylic acids is 2. The molecule has 1 saturated heterocycles. The topological polar surface area (TPSA) is 67.9 Å². The molecular weight excluding hydrogens is 272 g/mol. The van der Waals surface area contributed by atoms with Gasteiger partial charge < -0.3 is 19.7 Å². The van der Waals surface area contributed by atoms with Crippen LogP contribution in [0.2, 0.25) is 0 Å². The molecule has 0 unspecified atom stereocenters. The Morgan fingerprint density at radius 2 is 2.19 bits per heavy atom. The summed E-state index contributed by atoms with van der Waals surface area (Å²) >= 11 is 0. The highest BCUT2D eigenvalue weighted by atomic mass is 16.7. The number of amides is 2. The summed E-state index contributed by atoms with van der Waals surface area (Å²) in [5, 5.41) is 2.91. The van der Waals surface area contributed by atoms with Gasteiger partial charge in [-0.05, 0) is 31.5 Å². The summed E-state index contributed by atoms with van der Waals surface area (Å²) in [5.74, 6) is 1.24. The van der Waals surface area contributed by atoms with Crippen molar-refractivity contribution in [3.05, 3.63) is 23.8 Å². The Balaban J connectivity index is 1.59. The van der Waals surface area contributed by atoms with E-state index in [0.717, 1.165) is 13.0 Å². The standard InChI is InChI=1S/C15H18N2O4/c1-10(8-17-6-2-3-14(17)18)16-15(19)11-4-5-12-13(7-11)21-9-20-12/h4-5,7,10H,2-3,6,8-9H2,1H3,(H,16,19)/t10-/m0/s1. The molecule has 0 bridgehead atoms. The molecule has 2 heterocycles. The summed E-state index contributed by atoms with van der Waals surface area (Å²) in [7, 11) is 0. The van der Waals surface area contributed by atoms with Gasteiger partial charge in [0, 0.05) is 31.1 Å². The fourth-order valence-corrected chi connectivity index (χ4v) is 2.62. The molecule has 1 N–H and O–H groups in total. The maximum Gasteiger partial charge on any atom is 0.251 e. The Morgan fingerprint density at radius 1 is 1.38 bits per heavy atom. The number of carbonyl (C=O) groups is 2. The van der Waals surface area contributed by atoms with E-state index in [-0.39, 0.29) is 24.6 Å². The molecule has 3 rings (SSSR count). The molecule has 0 spiro atoms. The summed E-state index contributed by atoms with van der Waals surface area (Å²) in [6, 6.07) is 5.01. The van der Waals surface area contributed by atoms with Crippen molar-refractivity contribution < 1.29 is 19.1 Å². The Morgan fingerprint density at radius 3 is 2.95 bits per heavy atom. The fraction of sp³-hybridized carbons (Fsp3) is 0.467. The van der Waals surface area contributed by atoms with E-state index >= 15 is 0 Å². The van der Waals surface area contributed by atoms with Crippen molar-refractivity contribution in [2.45, 2.75) is 25.8 Å². The molecule has 1 fully saturated rings. The predicted molar refractivity (Wildman–Crippen MR) is 75.3 cm³/mol. The number of fused-ring (bicyclic) bond motifs is 1. The van der Waals surface area contributed by atoms with Crippen molar-refractivity contribution in [3.8, 4) is 11.5 Å². The first-order chi connectivity index (χ1) is 10.1. The summed E-state index contributed by atoms with van der Waals surface area (Å²) in [5.41, 5.74) is 0.527. The Hall–Kier alpha value is -2.24. The lowest BCUT2D eigenvalue weighted by Gasteiger charge is -2.21. The first kappa shape index (κ1) is 13.7. The molecule has 0 saturated carbocycles. The van der Waals surface area contributed by atoms with Crippen LogP contribution in [0.5, 0.6) is 11.5 Å². The highest BCUT2D eigenvalue weighted by Crippen LogP contribution is 2.32. The van der Waals surface area contributed by atoms with Gasteiger partial charge in [0.1, 0.15) is 0 Å². The summed E-state index contributed by atoms with van der Waals surface area (Å²) < 4.78 is 10.5. The molecule has 0 radical (unpaired) electrons. The van der Waals surface area contributed by atoms with Crippen molar-refractivity contribution >= 4 is 11.8 Å². The van der Waals surface area contributed by atoms with Crippen LogP contribution in [0, 0.1) is 0 Å². The molecule has 21 heavy (non-hydrogen) atoms. The molecule has 6 heteroatoms. The van der Waals surface area contributed by atoms with E-state index in [1.807, 2.05) is 6.92 Å². The van der Waals surface area contributed by atoms with E-state index in [1.54, 1.807) is 23.1 Å². The number of nitrogens with zero attached hydrogens (tertiary/aromatic N) is 1. The average molecular weight is 290 g/mol. The average Bonchev–Trinajstić information content (AvgIpc) is 3.07. The minimum atomic E-state index is -0.174. The van der Waals surface area contributed by atoms with Crippen molar-refractivity contribution in [2.24, 2.45) is 0 Å². The summed E-state index contributed by atoms with van der Waals surface area (Å²) in [6.07, 6.45) is 1.52. The molecule has 1 aromatic rings. The van der Waals surface area contributed by atoms with Gasteiger partial charge in [-0.3, -0.25) is 9.59 Å². The van der Waals surface area contributed by atoms with Crippen molar-refractivity contribution in [1.82, 2.24) is 10.2 Å². The van der Waals surface area contributed by atoms with Gasteiger partial charge in [0.05, 0.1) is 0 Å². The molecular formula is C15H18N2O4. The number of likely N-dealkylation sites (tertiary alicyclic amines) is 1. The van der Waals surface area contributed by atoms with E-state index in [9.17, 15) is 9.59 Å². The Kier molecular flexibility index (Phi) is 3.68. The van der Waals surface area contributed by atoms with Crippen LogP contribution in [0.1, 0.15) is 30.1 Å². The van der Waals surface area contributed by atoms with E-state index in [0.29, 0.717) is 30.0 Å². The van der Waals surface area contributed by atoms with Gasteiger partial charge in [-0.2, -0.15) is 0 Å². The molecule has 112 valence electrons. The second-order valence-corrected chi connectivity index (χ2v) is 5.39. The number of ether oxygens (including phenoxy) is 2. The lowest BCUT2D eigenvalue weighted by molar-refractivity contribution is -0.127. The summed E-state index contributed by atoms with van der Waals surface area (Å²) in [4.78, 5) is 25.6. The molecule has 6 nitrogen and oxygen atoms in total. The maximum atomic E-state index is 12.2. The number of benzene rings is 1. The quantitative estimate of drug-likeness (QED) is 0.903. The normalized spacial score (nSPS) is 18.0. The van der Waals surface area contributed by atoms with Gasteiger partial charge in [-0.15, -0.1) is 0 Å². The lowest BCUT2D eigenvalue weighted by atomic mass is 10.1. The molecule has 1 atom stereocenters. The van der Waals surface area contributed by atoms with Crippen LogP contribution in [0.4, 0.5) is 0 Å². The molecule has 2 aliphatic heterocycles. The van der Waals surface area contributed by atoms with E-state index in [4.69, 9.17) is 9.47 Å². The Bertz CT molecular complexity index is 573. The van der Waals surface area contributed by atoms with Crippen LogP contribution in [0.25, 0.3) is 0 Å². The zero-order valence-electron chi connectivity index (χ0n) is 11.9. The molecule has 0 aliphatic carbocycles. The molecule has 2 aliphatic rings. The van der Waals surface area contributed by atoms with Crippen molar-refractivity contribution in [1.29, 1.82) is 0 Å². The number of hydrogen-bond donors (Lipinski definition) is 1. The highest BCUT2D eigenvalue weighted by molar-refractivity contribution is 5.95. The van der Waals surface area contributed by atoms with Gasteiger partial charge in [-0.1, -0.05) is 0 Å². The monoisotopic (exact) mass is 290 g/mol. The van der Waals surface area contributed by atoms with Gasteiger partial charge in [0.25, 0.3) is 5.91 Å². The first-order valence-corrected chi connectivity index (χ1v) is 7.12. The van der Waals surface area contributed by atoms with Gasteiger partial charge in [-0.25, -0.2) is 0 Å². The third-order valence-electron chi connectivity index (χ3n) is 3.68. The smallest absolute Gasteiger partial charge is 0.251 e. The van der Waals surface area contributed by atoms with Crippen LogP contribution in [0.15, 0.2) is 18.2 Å². The predicted octanol–water partition coefficient (Wildman–Crippen LogP) is 1.16. The summed E-state index contributed by atoms with van der Waals surface area (Å²) in [6.45, 7) is 3.42. The minimum absolute atomic E-state index is 0.0926. The van der Waals surface area contributed by atoms with Crippen LogP contribution in [-0.4, -0.2) is 42.6 Å². The van der Waals surface area contributed by atoms with Crippen LogP contribution >= 0.6 is 0 Å². The fourth-order valence-electron chi connectivity index (χ4n) is 2.62. The molecule has 2 amide bonds. The minimum Gasteiger partial charge on any atom is -0.454 e. The zero-order chi connectivity index (χ0) is 14.8. The second-order valence-electron chi connectivity index (χ2n) is 5.39. The van der Waals surface area contributed by atoms with Crippen LogP contribution < -0.4 is 14.8 Å². The van der Waals surface area contributed by atoms with Crippen LogP contribution in [-0.2, 0) is 4.79 Å². The van der Waals surface area contributed by atoms with Crippen molar-refractivity contribution in [2.75, 3.05) is 19.9 Å². The number of nitrogens with one attached hydrogen (secondary N) is 1. The third kappa shape index (κ3) is 2.94. The van der Waals surface area contributed by atoms with E-state index in [2.05, 4.69) is 5.32 Å².